The Balaban J connectivity index is 1.55. The van der Waals surface area contributed by atoms with Crippen LogP contribution in [-0.4, -0.2) is 48.4 Å². The van der Waals surface area contributed by atoms with E-state index in [1.165, 1.54) is 18.2 Å². The Morgan fingerprint density at radius 1 is 1.15 bits per heavy atom. The second-order valence-electron chi connectivity index (χ2n) is 7.03. The van der Waals surface area contributed by atoms with Crippen LogP contribution in [0.1, 0.15) is 33.1 Å². The largest absolute Gasteiger partial charge is 0.337 e. The van der Waals surface area contributed by atoms with Gasteiger partial charge >= 0.3 is 0 Å². The van der Waals surface area contributed by atoms with Gasteiger partial charge in [-0.3, -0.25) is 4.79 Å². The van der Waals surface area contributed by atoms with Gasteiger partial charge in [0, 0.05) is 12.1 Å². The van der Waals surface area contributed by atoms with E-state index in [1.807, 2.05) is 35.2 Å². The summed E-state index contributed by atoms with van der Waals surface area (Å²) in [6.45, 7) is 4.29. The number of hydrogen-bond acceptors (Lipinski definition) is 5. The lowest BCUT2D eigenvalue weighted by Gasteiger charge is -2.39. The predicted octanol–water partition coefficient (Wildman–Crippen LogP) is 3.70. The fraction of sp³-hybridized carbons (Fsp3) is 0.400. The fourth-order valence-corrected chi connectivity index (χ4v) is 4.64. The Morgan fingerprint density at radius 3 is 2.63 bits per heavy atom. The molecule has 0 aliphatic carbocycles. The first-order chi connectivity index (χ1) is 13.1. The van der Waals surface area contributed by atoms with Crippen molar-refractivity contribution < 1.29 is 4.79 Å². The van der Waals surface area contributed by atoms with Crippen LogP contribution in [-0.2, 0) is 4.79 Å². The fourth-order valence-electron chi connectivity index (χ4n) is 3.81. The summed E-state index contributed by atoms with van der Waals surface area (Å²) in [5.41, 5.74) is 1.71. The Morgan fingerprint density at radius 2 is 1.89 bits per heavy atom. The van der Waals surface area contributed by atoms with Gasteiger partial charge in [0.05, 0.1) is 23.0 Å². The summed E-state index contributed by atoms with van der Waals surface area (Å²) < 4.78 is 1.80. The second-order valence-corrected chi connectivity index (χ2v) is 7.99. The third-order valence-electron chi connectivity index (χ3n) is 5.14. The summed E-state index contributed by atoms with van der Waals surface area (Å²) in [5.74, 6) is 0.569. The molecule has 7 heteroatoms. The highest BCUT2D eigenvalue weighted by Gasteiger charge is 2.28. The Bertz CT molecular complexity index is 932. The van der Waals surface area contributed by atoms with Crippen LogP contribution in [0, 0.1) is 0 Å². The molecule has 3 aromatic rings. The number of piperidine rings is 1. The zero-order valence-corrected chi connectivity index (χ0v) is 16.4. The summed E-state index contributed by atoms with van der Waals surface area (Å²) in [6.07, 6.45) is 6.69. The molecule has 2 aromatic heterocycles. The van der Waals surface area contributed by atoms with Crippen molar-refractivity contribution >= 4 is 28.7 Å². The molecular formula is C20H23N5OS. The lowest BCUT2D eigenvalue weighted by molar-refractivity contribution is -0.134. The minimum absolute atomic E-state index is 0.182. The minimum atomic E-state index is 0.182. The highest BCUT2D eigenvalue weighted by Crippen LogP contribution is 2.28. The quantitative estimate of drug-likeness (QED) is 0.509. The average Bonchev–Trinajstić information content (AvgIpc) is 3.11. The van der Waals surface area contributed by atoms with Crippen LogP contribution in [0.5, 0.6) is 0 Å². The standard InChI is InChI=1S/C20H23N5OS/c1-14-7-6-8-15(2)24(14)18(26)12-27-20-17-11-23-25(19(17)21-13-22-20)16-9-4-3-5-10-16/h3-5,9-11,13-15H,6-8,12H2,1-2H3/t14-,15-/m1/s1. The van der Waals surface area contributed by atoms with Gasteiger partial charge in [0.25, 0.3) is 0 Å². The van der Waals surface area contributed by atoms with Gasteiger partial charge in [0.1, 0.15) is 11.4 Å². The number of aromatic nitrogens is 4. The number of fused-ring (bicyclic) bond motifs is 1. The predicted molar refractivity (Wildman–Crippen MR) is 107 cm³/mol. The van der Waals surface area contributed by atoms with Gasteiger partial charge in [-0.25, -0.2) is 14.6 Å². The van der Waals surface area contributed by atoms with Crippen molar-refractivity contribution in [2.24, 2.45) is 0 Å². The third-order valence-corrected chi connectivity index (χ3v) is 6.13. The number of nitrogens with zero attached hydrogens (tertiary/aromatic N) is 5. The molecule has 140 valence electrons. The van der Waals surface area contributed by atoms with Gasteiger partial charge < -0.3 is 4.90 Å². The van der Waals surface area contributed by atoms with Crippen molar-refractivity contribution in [3.05, 3.63) is 42.9 Å². The van der Waals surface area contributed by atoms with Gasteiger partial charge in [-0.1, -0.05) is 30.0 Å². The van der Waals surface area contributed by atoms with Gasteiger partial charge in [0.2, 0.25) is 5.91 Å². The molecule has 4 rings (SSSR count). The van der Waals surface area contributed by atoms with E-state index in [2.05, 4.69) is 28.9 Å². The van der Waals surface area contributed by atoms with Crippen LogP contribution in [0.2, 0.25) is 0 Å². The van der Waals surface area contributed by atoms with Crippen molar-refractivity contribution in [3.63, 3.8) is 0 Å². The summed E-state index contributed by atoms with van der Waals surface area (Å²) in [4.78, 5) is 23.6. The average molecular weight is 382 g/mol. The number of likely N-dealkylation sites (tertiary alicyclic amines) is 1. The Kier molecular flexibility index (Phi) is 5.11. The maximum Gasteiger partial charge on any atom is 0.233 e. The van der Waals surface area contributed by atoms with E-state index < -0.39 is 0 Å². The first-order valence-corrected chi connectivity index (χ1v) is 10.3. The monoisotopic (exact) mass is 381 g/mol. The summed E-state index contributed by atoms with van der Waals surface area (Å²) in [6, 6.07) is 10.5. The van der Waals surface area contributed by atoms with Crippen LogP contribution in [0.25, 0.3) is 16.7 Å². The molecule has 1 saturated heterocycles. The molecule has 3 heterocycles. The minimum Gasteiger partial charge on any atom is -0.337 e. The van der Waals surface area contributed by atoms with E-state index in [1.54, 1.807) is 17.2 Å². The molecule has 1 aliphatic rings. The molecule has 6 nitrogen and oxygen atoms in total. The smallest absolute Gasteiger partial charge is 0.233 e. The van der Waals surface area contributed by atoms with Gasteiger partial charge in [-0.15, -0.1) is 0 Å². The SMILES string of the molecule is C[C@@H]1CCC[C@@H](C)N1C(=O)CSc1ncnc2c1cnn2-c1ccccc1. The highest BCUT2D eigenvalue weighted by molar-refractivity contribution is 8.00. The van der Waals surface area contributed by atoms with Crippen molar-refractivity contribution in [2.75, 3.05) is 5.75 Å². The normalized spacial score (nSPS) is 20.1. The molecule has 1 fully saturated rings. The molecule has 0 unspecified atom stereocenters. The second kappa shape index (κ2) is 7.68. The molecule has 1 aromatic carbocycles. The first-order valence-electron chi connectivity index (χ1n) is 9.33. The molecule has 1 aliphatic heterocycles. The van der Waals surface area contributed by atoms with E-state index in [-0.39, 0.29) is 5.91 Å². The summed E-state index contributed by atoms with van der Waals surface area (Å²) in [5, 5.41) is 6.15. The molecule has 0 saturated carbocycles. The molecule has 0 radical (unpaired) electrons. The maximum absolute atomic E-state index is 12.8. The van der Waals surface area contributed by atoms with Crippen LogP contribution in [0.3, 0.4) is 0 Å². The summed E-state index contributed by atoms with van der Waals surface area (Å²) >= 11 is 1.47. The number of rotatable bonds is 4. The van der Waals surface area contributed by atoms with E-state index in [0.29, 0.717) is 17.8 Å². The molecular weight excluding hydrogens is 358 g/mol. The van der Waals surface area contributed by atoms with Gasteiger partial charge in [-0.2, -0.15) is 5.10 Å². The number of para-hydroxylation sites is 1. The van der Waals surface area contributed by atoms with Gasteiger partial charge in [-0.05, 0) is 45.2 Å². The zero-order chi connectivity index (χ0) is 18.8. The van der Waals surface area contributed by atoms with Crippen LogP contribution >= 0.6 is 11.8 Å². The number of carbonyl (C=O) groups is 1. The van der Waals surface area contributed by atoms with E-state index in [0.717, 1.165) is 34.6 Å². The van der Waals surface area contributed by atoms with E-state index in [9.17, 15) is 4.79 Å². The van der Waals surface area contributed by atoms with Crippen LogP contribution in [0.15, 0.2) is 47.9 Å². The third kappa shape index (κ3) is 3.56. The molecule has 0 bridgehead atoms. The maximum atomic E-state index is 12.8. The number of thioether (sulfide) groups is 1. The number of carbonyl (C=O) groups excluding carboxylic acids is 1. The highest BCUT2D eigenvalue weighted by atomic mass is 32.2. The zero-order valence-electron chi connectivity index (χ0n) is 15.6. The molecule has 0 spiro atoms. The topological polar surface area (TPSA) is 63.9 Å². The first kappa shape index (κ1) is 18.0. The van der Waals surface area contributed by atoms with Crippen LogP contribution < -0.4 is 0 Å². The lowest BCUT2D eigenvalue weighted by atomic mass is 9.98. The summed E-state index contributed by atoms with van der Waals surface area (Å²) in [7, 11) is 0. The van der Waals surface area contributed by atoms with Gasteiger partial charge in [0.15, 0.2) is 5.65 Å². The molecule has 0 N–H and O–H groups in total. The number of hydrogen-bond donors (Lipinski definition) is 0. The number of benzene rings is 1. The van der Waals surface area contributed by atoms with Crippen molar-refractivity contribution in [2.45, 2.75) is 50.2 Å². The lowest BCUT2D eigenvalue weighted by Crippen LogP contribution is -2.48. The van der Waals surface area contributed by atoms with E-state index >= 15 is 0 Å². The molecule has 27 heavy (non-hydrogen) atoms. The number of amides is 1. The van der Waals surface area contributed by atoms with Crippen molar-refractivity contribution in [3.8, 4) is 5.69 Å². The Labute approximate surface area is 163 Å². The van der Waals surface area contributed by atoms with E-state index in [4.69, 9.17) is 0 Å². The van der Waals surface area contributed by atoms with Crippen molar-refractivity contribution in [1.82, 2.24) is 24.6 Å². The Hall–Kier alpha value is -2.41. The van der Waals surface area contributed by atoms with Crippen LogP contribution in [0.4, 0.5) is 0 Å². The molecule has 1 amide bonds. The molecule has 2 atom stereocenters. The van der Waals surface area contributed by atoms with Crippen molar-refractivity contribution in [1.29, 1.82) is 0 Å².